The maximum Gasteiger partial charge on any atom is 0.410 e. The molecule has 2 heterocycles. The quantitative estimate of drug-likeness (QED) is 0.789. The Labute approximate surface area is 155 Å². The van der Waals surface area contributed by atoms with E-state index in [2.05, 4.69) is 10.2 Å². The summed E-state index contributed by atoms with van der Waals surface area (Å²) >= 11 is 0. The van der Waals surface area contributed by atoms with Crippen LogP contribution in [0.5, 0.6) is 0 Å². The Kier molecular flexibility index (Phi) is 6.86. The van der Waals surface area contributed by atoms with Gasteiger partial charge in [-0.15, -0.1) is 0 Å². The van der Waals surface area contributed by atoms with Crippen molar-refractivity contribution in [3.63, 3.8) is 0 Å². The minimum absolute atomic E-state index is 0.0224. The molecule has 2 saturated heterocycles. The van der Waals surface area contributed by atoms with Crippen molar-refractivity contribution in [2.75, 3.05) is 45.8 Å². The lowest BCUT2D eigenvalue weighted by Crippen LogP contribution is -2.59. The molecule has 2 aliphatic rings. The number of likely N-dealkylation sites (tertiary alicyclic amines) is 1. The zero-order valence-corrected chi connectivity index (χ0v) is 16.4. The van der Waals surface area contributed by atoms with Crippen molar-refractivity contribution in [2.24, 2.45) is 0 Å². The molecular weight excluding hydrogens is 336 g/mol. The fourth-order valence-electron chi connectivity index (χ4n) is 3.44. The van der Waals surface area contributed by atoms with Gasteiger partial charge in [-0.05, 0) is 47.1 Å². The van der Waals surface area contributed by atoms with Crippen molar-refractivity contribution in [3.8, 4) is 0 Å². The molecule has 26 heavy (non-hydrogen) atoms. The van der Waals surface area contributed by atoms with Crippen LogP contribution in [0, 0.1) is 0 Å². The normalized spacial score (nSPS) is 22.3. The first-order chi connectivity index (χ1) is 12.2. The standard InChI is InChI=1S/C18H32N4O4/c1-5-19-15(23)12-20-8-6-7-14(11-20)22-10-9-21(13-16(22)24)17(25)26-18(2,3)4/h14H,5-13H2,1-4H3,(H,19,23)/t14-/m1/s1. The number of amides is 3. The van der Waals surface area contributed by atoms with E-state index in [9.17, 15) is 14.4 Å². The first-order valence-corrected chi connectivity index (χ1v) is 9.46. The second-order valence-electron chi connectivity index (χ2n) is 7.97. The lowest BCUT2D eigenvalue weighted by molar-refractivity contribution is -0.140. The molecular formula is C18H32N4O4. The fraction of sp³-hybridized carbons (Fsp3) is 0.833. The predicted molar refractivity (Wildman–Crippen MR) is 97.7 cm³/mol. The molecule has 0 bridgehead atoms. The Morgan fingerprint density at radius 3 is 2.58 bits per heavy atom. The van der Waals surface area contributed by atoms with Crippen molar-refractivity contribution in [1.29, 1.82) is 0 Å². The molecule has 8 heteroatoms. The van der Waals surface area contributed by atoms with Crippen LogP contribution in [0.15, 0.2) is 0 Å². The number of hydrogen-bond donors (Lipinski definition) is 1. The van der Waals surface area contributed by atoms with Crippen LogP contribution in [0.3, 0.4) is 0 Å². The third-order valence-corrected chi connectivity index (χ3v) is 4.57. The minimum atomic E-state index is -0.569. The molecule has 2 rings (SSSR count). The third-order valence-electron chi connectivity index (χ3n) is 4.57. The van der Waals surface area contributed by atoms with Crippen molar-refractivity contribution in [3.05, 3.63) is 0 Å². The van der Waals surface area contributed by atoms with Gasteiger partial charge in [0.05, 0.1) is 6.54 Å². The van der Waals surface area contributed by atoms with Crippen LogP contribution in [0.1, 0.15) is 40.5 Å². The lowest BCUT2D eigenvalue weighted by atomic mass is 10.0. The van der Waals surface area contributed by atoms with Gasteiger partial charge in [-0.25, -0.2) is 4.79 Å². The van der Waals surface area contributed by atoms with E-state index in [1.807, 2.05) is 32.6 Å². The van der Waals surface area contributed by atoms with Gasteiger partial charge in [0.1, 0.15) is 12.1 Å². The molecule has 0 aromatic rings. The third kappa shape index (κ3) is 5.86. The summed E-state index contributed by atoms with van der Waals surface area (Å²) in [7, 11) is 0. The van der Waals surface area contributed by atoms with Crippen molar-refractivity contribution >= 4 is 17.9 Å². The number of hydrogen-bond acceptors (Lipinski definition) is 5. The molecule has 2 fully saturated rings. The molecule has 1 atom stereocenters. The summed E-state index contributed by atoms with van der Waals surface area (Å²) in [6, 6.07) is 0.103. The van der Waals surface area contributed by atoms with Gasteiger partial charge in [-0.1, -0.05) is 0 Å². The van der Waals surface area contributed by atoms with Gasteiger partial charge in [0.15, 0.2) is 0 Å². The molecule has 0 aromatic heterocycles. The van der Waals surface area contributed by atoms with E-state index >= 15 is 0 Å². The molecule has 1 N–H and O–H groups in total. The van der Waals surface area contributed by atoms with E-state index in [1.54, 1.807) is 0 Å². The van der Waals surface area contributed by atoms with Gasteiger partial charge in [-0.2, -0.15) is 0 Å². The highest BCUT2D eigenvalue weighted by atomic mass is 16.6. The number of carbonyl (C=O) groups excluding carboxylic acids is 3. The highest BCUT2D eigenvalue weighted by Crippen LogP contribution is 2.19. The molecule has 0 unspecified atom stereocenters. The van der Waals surface area contributed by atoms with Crippen molar-refractivity contribution in [2.45, 2.75) is 52.2 Å². The van der Waals surface area contributed by atoms with Gasteiger partial charge in [0, 0.05) is 32.2 Å². The van der Waals surface area contributed by atoms with Crippen molar-refractivity contribution < 1.29 is 19.1 Å². The molecule has 3 amide bonds. The second-order valence-corrected chi connectivity index (χ2v) is 7.97. The van der Waals surface area contributed by atoms with Crippen LogP contribution in [-0.4, -0.2) is 90.1 Å². The number of piperazine rings is 1. The van der Waals surface area contributed by atoms with Crippen LogP contribution in [0.25, 0.3) is 0 Å². The van der Waals surface area contributed by atoms with Crippen LogP contribution in [0.4, 0.5) is 4.79 Å². The molecule has 0 saturated carbocycles. The highest BCUT2D eigenvalue weighted by molar-refractivity contribution is 5.84. The molecule has 8 nitrogen and oxygen atoms in total. The van der Waals surface area contributed by atoms with E-state index < -0.39 is 11.7 Å². The number of nitrogens with zero attached hydrogens (tertiary/aromatic N) is 3. The Bertz CT molecular complexity index is 532. The van der Waals surface area contributed by atoms with E-state index in [0.717, 1.165) is 19.4 Å². The van der Waals surface area contributed by atoms with E-state index in [0.29, 0.717) is 32.7 Å². The van der Waals surface area contributed by atoms with E-state index in [-0.39, 0.29) is 24.4 Å². The van der Waals surface area contributed by atoms with Crippen LogP contribution < -0.4 is 5.32 Å². The summed E-state index contributed by atoms with van der Waals surface area (Å²) in [5, 5.41) is 2.81. The molecule has 148 valence electrons. The van der Waals surface area contributed by atoms with Gasteiger partial charge in [-0.3, -0.25) is 19.4 Å². The summed E-state index contributed by atoms with van der Waals surface area (Å²) in [4.78, 5) is 42.0. The fourth-order valence-corrected chi connectivity index (χ4v) is 3.44. The first kappa shape index (κ1) is 20.5. The molecule has 0 aliphatic carbocycles. The van der Waals surface area contributed by atoms with Crippen LogP contribution >= 0.6 is 0 Å². The number of rotatable bonds is 4. The second kappa shape index (κ2) is 8.70. The monoisotopic (exact) mass is 368 g/mol. The zero-order chi connectivity index (χ0) is 19.3. The average molecular weight is 368 g/mol. The Hall–Kier alpha value is -1.83. The molecule has 2 aliphatic heterocycles. The van der Waals surface area contributed by atoms with Gasteiger partial charge >= 0.3 is 6.09 Å². The molecule has 0 spiro atoms. The van der Waals surface area contributed by atoms with Gasteiger partial charge < -0.3 is 15.0 Å². The maximum absolute atomic E-state index is 12.6. The SMILES string of the molecule is CCNC(=O)CN1CCC[C@@H](N2CCN(C(=O)OC(C)(C)C)CC2=O)C1. The molecule has 0 aromatic carbocycles. The zero-order valence-electron chi connectivity index (χ0n) is 16.4. The van der Waals surface area contributed by atoms with Crippen molar-refractivity contribution in [1.82, 2.24) is 20.0 Å². The van der Waals surface area contributed by atoms with Crippen LogP contribution in [0.2, 0.25) is 0 Å². The number of piperidine rings is 1. The number of carbonyl (C=O) groups is 3. The minimum Gasteiger partial charge on any atom is -0.444 e. The summed E-state index contributed by atoms with van der Waals surface area (Å²) in [6.07, 6.45) is 1.46. The highest BCUT2D eigenvalue weighted by Gasteiger charge is 2.35. The topological polar surface area (TPSA) is 82.2 Å². The van der Waals surface area contributed by atoms with Gasteiger partial charge in [0.25, 0.3) is 0 Å². The van der Waals surface area contributed by atoms with E-state index in [4.69, 9.17) is 4.74 Å². The summed E-state index contributed by atoms with van der Waals surface area (Å²) in [5.74, 6) is -0.0267. The summed E-state index contributed by atoms with van der Waals surface area (Å²) < 4.78 is 5.35. The number of nitrogens with one attached hydrogen (secondary N) is 1. The first-order valence-electron chi connectivity index (χ1n) is 9.46. The Morgan fingerprint density at radius 2 is 1.96 bits per heavy atom. The maximum atomic E-state index is 12.6. The van der Waals surface area contributed by atoms with Gasteiger partial charge in [0.2, 0.25) is 11.8 Å². The number of ether oxygens (including phenoxy) is 1. The van der Waals surface area contributed by atoms with E-state index in [1.165, 1.54) is 4.90 Å². The Balaban J connectivity index is 1.87. The predicted octanol–water partition coefficient (Wildman–Crippen LogP) is 0.666. The summed E-state index contributed by atoms with van der Waals surface area (Å²) in [5.41, 5.74) is -0.569. The largest absolute Gasteiger partial charge is 0.444 e. The summed E-state index contributed by atoms with van der Waals surface area (Å²) in [6.45, 7) is 11.0. The van der Waals surface area contributed by atoms with Crippen LogP contribution in [-0.2, 0) is 14.3 Å². The smallest absolute Gasteiger partial charge is 0.410 e. The number of likely N-dealkylation sites (N-methyl/N-ethyl adjacent to an activating group) is 1. The Morgan fingerprint density at radius 1 is 1.23 bits per heavy atom. The average Bonchev–Trinajstić information content (AvgIpc) is 2.53. The lowest BCUT2D eigenvalue weighted by Gasteiger charge is -2.43. The molecule has 0 radical (unpaired) electrons.